The summed E-state index contributed by atoms with van der Waals surface area (Å²) in [5.74, 6) is 0. The van der Waals surface area contributed by atoms with Crippen molar-refractivity contribution in [3.8, 4) is 0 Å². The van der Waals surface area contributed by atoms with Gasteiger partial charge in [-0.2, -0.15) is 0 Å². The lowest BCUT2D eigenvalue weighted by molar-refractivity contribution is 0.547. The Hall–Kier alpha value is -1.20. The fourth-order valence-corrected chi connectivity index (χ4v) is 2.50. The van der Waals surface area contributed by atoms with Gasteiger partial charge in [0, 0.05) is 30.4 Å². The second-order valence-corrected chi connectivity index (χ2v) is 5.35. The van der Waals surface area contributed by atoms with Crippen LogP contribution in [0.15, 0.2) is 18.7 Å². The molecule has 17 heavy (non-hydrogen) atoms. The van der Waals surface area contributed by atoms with Gasteiger partial charge in [0.05, 0.1) is 18.1 Å². The van der Waals surface area contributed by atoms with Crippen molar-refractivity contribution in [2.75, 3.05) is 0 Å². The SMILES string of the molecule is CCn1cncc1CNC(C)c1ncc(C)s1. The maximum atomic E-state index is 4.39. The number of aryl methyl sites for hydroxylation is 2. The Morgan fingerprint density at radius 2 is 2.29 bits per heavy atom. The van der Waals surface area contributed by atoms with Crippen molar-refractivity contribution in [1.29, 1.82) is 0 Å². The molecule has 0 aromatic carbocycles. The summed E-state index contributed by atoms with van der Waals surface area (Å²) in [4.78, 5) is 9.81. The first-order chi connectivity index (χ1) is 8.20. The Morgan fingerprint density at radius 1 is 1.47 bits per heavy atom. The van der Waals surface area contributed by atoms with Crippen LogP contribution in [0.5, 0.6) is 0 Å². The fraction of sp³-hybridized carbons (Fsp3) is 0.500. The molecule has 0 amide bonds. The molecule has 5 heteroatoms. The number of hydrogen-bond acceptors (Lipinski definition) is 4. The summed E-state index contributed by atoms with van der Waals surface area (Å²) in [5.41, 5.74) is 1.22. The number of nitrogens with zero attached hydrogens (tertiary/aromatic N) is 3. The first kappa shape index (κ1) is 12.3. The van der Waals surface area contributed by atoms with Crippen LogP contribution in [0.3, 0.4) is 0 Å². The summed E-state index contributed by atoms with van der Waals surface area (Å²) in [6.45, 7) is 8.14. The predicted octanol–water partition coefficient (Wildman–Crippen LogP) is 2.52. The van der Waals surface area contributed by atoms with E-state index in [1.165, 1.54) is 10.6 Å². The Kier molecular flexibility index (Phi) is 3.91. The smallest absolute Gasteiger partial charge is 0.109 e. The first-order valence-electron chi connectivity index (χ1n) is 5.85. The number of rotatable bonds is 5. The first-order valence-corrected chi connectivity index (χ1v) is 6.67. The van der Waals surface area contributed by atoms with Crippen molar-refractivity contribution < 1.29 is 0 Å². The minimum atomic E-state index is 0.286. The van der Waals surface area contributed by atoms with Crippen molar-refractivity contribution in [2.24, 2.45) is 0 Å². The standard InChI is InChI=1S/C12H18N4S/c1-4-16-8-13-6-11(16)7-14-10(3)12-15-5-9(2)17-12/h5-6,8,10,14H,4,7H2,1-3H3. The van der Waals surface area contributed by atoms with Gasteiger partial charge in [0.2, 0.25) is 0 Å². The lowest BCUT2D eigenvalue weighted by atomic mass is 10.3. The van der Waals surface area contributed by atoms with Crippen LogP contribution < -0.4 is 5.32 Å². The number of imidazole rings is 1. The second kappa shape index (κ2) is 5.42. The number of hydrogen-bond donors (Lipinski definition) is 1. The van der Waals surface area contributed by atoms with Crippen molar-refractivity contribution in [3.05, 3.63) is 34.3 Å². The molecule has 0 saturated heterocycles. The zero-order valence-electron chi connectivity index (χ0n) is 10.5. The van der Waals surface area contributed by atoms with Crippen LogP contribution >= 0.6 is 11.3 Å². The van der Waals surface area contributed by atoms with Crippen molar-refractivity contribution in [2.45, 2.75) is 39.9 Å². The monoisotopic (exact) mass is 250 g/mol. The minimum Gasteiger partial charge on any atom is -0.334 e. The highest BCUT2D eigenvalue weighted by Crippen LogP contribution is 2.19. The zero-order valence-corrected chi connectivity index (χ0v) is 11.3. The van der Waals surface area contributed by atoms with Gasteiger partial charge in [0.1, 0.15) is 5.01 Å². The zero-order chi connectivity index (χ0) is 12.3. The minimum absolute atomic E-state index is 0.286. The average molecular weight is 250 g/mol. The number of aromatic nitrogens is 3. The van der Waals surface area contributed by atoms with Crippen molar-refractivity contribution >= 4 is 11.3 Å². The molecule has 92 valence electrons. The molecule has 4 nitrogen and oxygen atoms in total. The van der Waals surface area contributed by atoms with Crippen LogP contribution in [-0.4, -0.2) is 14.5 Å². The highest BCUT2D eigenvalue weighted by molar-refractivity contribution is 7.11. The molecular weight excluding hydrogens is 232 g/mol. The van der Waals surface area contributed by atoms with Crippen LogP contribution in [0.25, 0.3) is 0 Å². The van der Waals surface area contributed by atoms with E-state index in [0.29, 0.717) is 0 Å². The largest absolute Gasteiger partial charge is 0.334 e. The van der Waals surface area contributed by atoms with E-state index in [9.17, 15) is 0 Å². The molecule has 2 aromatic heterocycles. The Labute approximate surface area is 106 Å². The Bertz CT molecular complexity index is 474. The van der Waals surface area contributed by atoms with Gasteiger partial charge < -0.3 is 9.88 Å². The van der Waals surface area contributed by atoms with Crippen LogP contribution in [0.2, 0.25) is 0 Å². The Balaban J connectivity index is 1.94. The lowest BCUT2D eigenvalue weighted by Crippen LogP contribution is -2.19. The van der Waals surface area contributed by atoms with Crippen LogP contribution in [0, 0.1) is 6.92 Å². The van der Waals surface area contributed by atoms with E-state index in [0.717, 1.165) is 18.1 Å². The molecule has 0 saturated carbocycles. The molecule has 2 aromatic rings. The third-order valence-electron chi connectivity index (χ3n) is 2.74. The molecule has 0 aliphatic heterocycles. The van der Waals surface area contributed by atoms with E-state index in [1.54, 1.807) is 11.3 Å². The molecule has 2 rings (SSSR count). The van der Waals surface area contributed by atoms with Crippen molar-refractivity contribution in [3.63, 3.8) is 0 Å². The van der Waals surface area contributed by atoms with E-state index in [-0.39, 0.29) is 6.04 Å². The highest BCUT2D eigenvalue weighted by atomic mass is 32.1. The van der Waals surface area contributed by atoms with Crippen LogP contribution in [0.1, 0.15) is 35.5 Å². The van der Waals surface area contributed by atoms with Gasteiger partial charge in [-0.15, -0.1) is 11.3 Å². The van der Waals surface area contributed by atoms with Crippen molar-refractivity contribution in [1.82, 2.24) is 19.9 Å². The molecule has 0 radical (unpaired) electrons. The van der Waals surface area contributed by atoms with E-state index in [1.807, 2.05) is 18.7 Å². The molecule has 0 aliphatic rings. The molecule has 1 N–H and O–H groups in total. The van der Waals surface area contributed by atoms with E-state index in [4.69, 9.17) is 0 Å². The lowest BCUT2D eigenvalue weighted by Gasteiger charge is -2.11. The van der Waals surface area contributed by atoms with Gasteiger partial charge >= 0.3 is 0 Å². The second-order valence-electron chi connectivity index (χ2n) is 4.08. The number of nitrogens with one attached hydrogen (secondary N) is 1. The molecule has 0 aliphatic carbocycles. The van der Waals surface area contributed by atoms with Gasteiger partial charge in [-0.25, -0.2) is 9.97 Å². The summed E-state index contributed by atoms with van der Waals surface area (Å²) in [6, 6.07) is 0.286. The van der Waals surface area contributed by atoms with Gasteiger partial charge in [-0.1, -0.05) is 0 Å². The molecular formula is C12H18N4S. The van der Waals surface area contributed by atoms with Gasteiger partial charge in [0.25, 0.3) is 0 Å². The van der Waals surface area contributed by atoms with E-state index in [2.05, 4.69) is 40.6 Å². The van der Waals surface area contributed by atoms with E-state index >= 15 is 0 Å². The molecule has 0 bridgehead atoms. The maximum absolute atomic E-state index is 4.39. The normalized spacial score (nSPS) is 12.9. The predicted molar refractivity (Wildman–Crippen MR) is 70.0 cm³/mol. The van der Waals surface area contributed by atoms with Crippen LogP contribution in [0.4, 0.5) is 0 Å². The molecule has 0 spiro atoms. The fourth-order valence-electron chi connectivity index (χ4n) is 1.70. The summed E-state index contributed by atoms with van der Waals surface area (Å²) < 4.78 is 2.15. The quantitative estimate of drug-likeness (QED) is 0.886. The third-order valence-corrected chi connectivity index (χ3v) is 3.83. The summed E-state index contributed by atoms with van der Waals surface area (Å²) in [7, 11) is 0. The summed E-state index contributed by atoms with van der Waals surface area (Å²) in [6.07, 6.45) is 5.71. The summed E-state index contributed by atoms with van der Waals surface area (Å²) >= 11 is 1.75. The molecule has 1 unspecified atom stereocenters. The van der Waals surface area contributed by atoms with Gasteiger partial charge in [0.15, 0.2) is 0 Å². The number of thiazole rings is 1. The maximum Gasteiger partial charge on any atom is 0.109 e. The molecule has 2 heterocycles. The Morgan fingerprint density at radius 3 is 2.94 bits per heavy atom. The molecule has 1 atom stereocenters. The third kappa shape index (κ3) is 2.92. The molecule has 0 fully saturated rings. The topological polar surface area (TPSA) is 42.7 Å². The van der Waals surface area contributed by atoms with Gasteiger partial charge in [-0.3, -0.25) is 0 Å². The van der Waals surface area contributed by atoms with Gasteiger partial charge in [-0.05, 0) is 20.8 Å². The summed E-state index contributed by atoms with van der Waals surface area (Å²) in [5, 5.41) is 4.62. The van der Waals surface area contributed by atoms with Crippen LogP contribution in [-0.2, 0) is 13.1 Å². The highest BCUT2D eigenvalue weighted by Gasteiger charge is 2.09. The van der Waals surface area contributed by atoms with E-state index < -0.39 is 0 Å². The average Bonchev–Trinajstić information content (AvgIpc) is 2.94.